The van der Waals surface area contributed by atoms with Crippen LogP contribution in [0.3, 0.4) is 0 Å². The zero-order valence-electron chi connectivity index (χ0n) is 9.62. The summed E-state index contributed by atoms with van der Waals surface area (Å²) in [5.41, 5.74) is 2.08. The smallest absolute Gasteiger partial charge is 0.0455 e. The van der Waals surface area contributed by atoms with Crippen molar-refractivity contribution in [3.8, 4) is 0 Å². The molecule has 0 aromatic heterocycles. The van der Waals surface area contributed by atoms with Crippen molar-refractivity contribution in [3.05, 3.63) is 11.8 Å². The molecule has 3 heteroatoms. The van der Waals surface area contributed by atoms with E-state index in [4.69, 9.17) is 17.6 Å². The predicted molar refractivity (Wildman–Crippen MR) is 69.7 cm³/mol. The summed E-state index contributed by atoms with van der Waals surface area (Å²) in [7, 11) is 0. The lowest BCUT2D eigenvalue weighted by atomic mass is 9.89. The highest BCUT2D eigenvalue weighted by atomic mass is 32.1. The molecule has 0 amide bonds. The van der Waals surface area contributed by atoms with Crippen molar-refractivity contribution in [1.29, 1.82) is 5.41 Å². The average Bonchev–Trinajstić information content (AvgIpc) is 2.30. The monoisotopic (exact) mass is 224 g/mol. The summed E-state index contributed by atoms with van der Waals surface area (Å²) in [5.74, 6) is 0.363. The quantitative estimate of drug-likeness (QED) is 0.574. The maximum atomic E-state index is 7.69. The Hall–Kier alpha value is -0.700. The Balaban J connectivity index is 2.58. The summed E-state index contributed by atoms with van der Waals surface area (Å²) in [6.45, 7) is 6.54. The minimum absolute atomic E-state index is 0.363. The highest BCUT2D eigenvalue weighted by Gasteiger charge is 2.19. The summed E-state index contributed by atoms with van der Waals surface area (Å²) in [5, 5.41) is 9.21. The molecule has 0 saturated carbocycles. The fraction of sp³-hybridized carbons (Fsp3) is 0.667. The molecule has 0 spiro atoms. The third kappa shape index (κ3) is 3.13. The van der Waals surface area contributed by atoms with E-state index in [-0.39, 0.29) is 0 Å². The Morgan fingerprint density at radius 2 is 2.27 bits per heavy atom. The Morgan fingerprint density at radius 3 is 2.67 bits per heavy atom. The summed E-state index contributed by atoms with van der Waals surface area (Å²) >= 11 is 4.80. The molecule has 1 unspecified atom stereocenters. The van der Waals surface area contributed by atoms with E-state index in [1.54, 1.807) is 0 Å². The molecular weight excluding hydrogens is 204 g/mol. The van der Waals surface area contributed by atoms with Gasteiger partial charge in [0.25, 0.3) is 0 Å². The largest absolute Gasteiger partial charge is 0.376 e. The van der Waals surface area contributed by atoms with Crippen molar-refractivity contribution in [2.45, 2.75) is 33.1 Å². The van der Waals surface area contributed by atoms with Gasteiger partial charge in [-0.25, -0.2) is 0 Å². The molecule has 0 heterocycles. The van der Waals surface area contributed by atoms with Crippen LogP contribution in [0.15, 0.2) is 11.8 Å². The van der Waals surface area contributed by atoms with Crippen molar-refractivity contribution in [2.75, 3.05) is 13.1 Å². The molecule has 1 aliphatic carbocycles. The first-order chi connectivity index (χ1) is 7.22. The van der Waals surface area contributed by atoms with E-state index < -0.39 is 0 Å². The van der Waals surface area contributed by atoms with Gasteiger partial charge < -0.3 is 10.3 Å². The first kappa shape index (κ1) is 12.4. The van der Waals surface area contributed by atoms with E-state index in [1.807, 2.05) is 0 Å². The molecule has 1 aliphatic rings. The molecule has 0 aromatic rings. The van der Waals surface area contributed by atoms with Gasteiger partial charge in [-0.3, -0.25) is 0 Å². The minimum Gasteiger partial charge on any atom is -0.376 e. The zero-order chi connectivity index (χ0) is 11.3. The van der Waals surface area contributed by atoms with E-state index >= 15 is 0 Å². The molecule has 1 N–H and O–H groups in total. The van der Waals surface area contributed by atoms with Gasteiger partial charge in [-0.05, 0) is 33.1 Å². The second kappa shape index (κ2) is 6.01. The summed E-state index contributed by atoms with van der Waals surface area (Å²) < 4.78 is 0. The summed E-state index contributed by atoms with van der Waals surface area (Å²) in [4.78, 5) is 2.40. The van der Waals surface area contributed by atoms with Crippen molar-refractivity contribution < 1.29 is 0 Å². The number of thiocarbonyl (C=S) groups is 1. The lowest BCUT2D eigenvalue weighted by molar-refractivity contribution is 0.349. The van der Waals surface area contributed by atoms with Gasteiger partial charge in [0.15, 0.2) is 0 Å². The molecule has 2 nitrogen and oxygen atoms in total. The van der Waals surface area contributed by atoms with Gasteiger partial charge >= 0.3 is 0 Å². The molecule has 15 heavy (non-hydrogen) atoms. The van der Waals surface area contributed by atoms with Gasteiger partial charge in [-0.15, -0.1) is 0 Å². The highest BCUT2D eigenvalue weighted by Crippen LogP contribution is 2.26. The molecule has 1 rings (SSSR count). The molecule has 84 valence electrons. The van der Waals surface area contributed by atoms with Crippen LogP contribution in [0.5, 0.6) is 0 Å². The Bertz CT molecular complexity index is 267. The third-order valence-electron chi connectivity index (χ3n) is 3.12. The van der Waals surface area contributed by atoms with E-state index in [0.29, 0.717) is 11.6 Å². The molecule has 1 atom stereocenters. The topological polar surface area (TPSA) is 27.1 Å². The molecule has 0 radical (unpaired) electrons. The first-order valence-electron chi connectivity index (χ1n) is 5.70. The lowest BCUT2D eigenvalue weighted by Crippen LogP contribution is -2.26. The number of hydrogen-bond acceptors (Lipinski definition) is 3. The number of allylic oxidation sites excluding steroid dienone is 2. The SMILES string of the molecule is CCN(CC)C1=CCC(C(=N)C=S)CC1. The van der Waals surface area contributed by atoms with Crippen LogP contribution in [0.1, 0.15) is 33.1 Å². The molecule has 0 aliphatic heterocycles. The van der Waals surface area contributed by atoms with Crippen LogP contribution in [0, 0.1) is 11.3 Å². The fourth-order valence-electron chi connectivity index (χ4n) is 2.12. The van der Waals surface area contributed by atoms with Crippen LogP contribution < -0.4 is 0 Å². The van der Waals surface area contributed by atoms with Crippen molar-refractivity contribution >= 4 is 23.3 Å². The fourth-order valence-corrected chi connectivity index (χ4v) is 2.31. The maximum Gasteiger partial charge on any atom is 0.0455 e. The number of hydrogen-bond donors (Lipinski definition) is 1. The maximum absolute atomic E-state index is 7.69. The van der Waals surface area contributed by atoms with Gasteiger partial charge in [-0.2, -0.15) is 0 Å². The minimum atomic E-state index is 0.363. The highest BCUT2D eigenvalue weighted by molar-refractivity contribution is 7.80. The third-order valence-corrected chi connectivity index (χ3v) is 3.38. The number of nitrogens with zero attached hydrogens (tertiary/aromatic N) is 1. The Labute approximate surface area is 97.9 Å². The van der Waals surface area contributed by atoms with Gasteiger partial charge in [0, 0.05) is 35.8 Å². The average molecular weight is 224 g/mol. The van der Waals surface area contributed by atoms with Gasteiger partial charge in [0.1, 0.15) is 0 Å². The second-order valence-corrected chi connectivity index (χ2v) is 4.15. The Kier molecular flexibility index (Phi) is 4.95. The van der Waals surface area contributed by atoms with Crippen molar-refractivity contribution in [2.24, 2.45) is 5.92 Å². The Morgan fingerprint density at radius 1 is 1.60 bits per heavy atom. The molecular formula is C12H20N2S. The predicted octanol–water partition coefficient (Wildman–Crippen LogP) is 3.03. The molecule has 0 aromatic carbocycles. The van der Waals surface area contributed by atoms with Gasteiger partial charge in [0.2, 0.25) is 0 Å². The second-order valence-electron chi connectivity index (χ2n) is 3.91. The molecule has 0 fully saturated rings. The number of nitrogens with one attached hydrogen (secondary N) is 1. The van der Waals surface area contributed by atoms with Crippen molar-refractivity contribution in [1.82, 2.24) is 4.90 Å². The number of rotatable bonds is 5. The van der Waals surface area contributed by atoms with Crippen LogP contribution in [0.4, 0.5) is 0 Å². The van der Waals surface area contributed by atoms with E-state index in [1.165, 1.54) is 11.1 Å². The van der Waals surface area contributed by atoms with Crippen LogP contribution in [0.25, 0.3) is 0 Å². The van der Waals surface area contributed by atoms with E-state index in [9.17, 15) is 0 Å². The summed E-state index contributed by atoms with van der Waals surface area (Å²) in [6, 6.07) is 0. The molecule has 0 saturated heterocycles. The van der Waals surface area contributed by atoms with Crippen LogP contribution in [-0.2, 0) is 0 Å². The lowest BCUT2D eigenvalue weighted by Gasteiger charge is -2.29. The molecule has 0 bridgehead atoms. The van der Waals surface area contributed by atoms with Gasteiger partial charge in [0.05, 0.1) is 0 Å². The van der Waals surface area contributed by atoms with Crippen LogP contribution in [0.2, 0.25) is 0 Å². The van der Waals surface area contributed by atoms with E-state index in [2.05, 4.69) is 24.8 Å². The normalized spacial score (nSPS) is 20.7. The van der Waals surface area contributed by atoms with E-state index in [0.717, 1.165) is 32.4 Å². The zero-order valence-corrected chi connectivity index (χ0v) is 10.4. The van der Waals surface area contributed by atoms with Crippen molar-refractivity contribution in [3.63, 3.8) is 0 Å². The van der Waals surface area contributed by atoms with Crippen LogP contribution >= 0.6 is 12.2 Å². The van der Waals surface area contributed by atoms with Crippen LogP contribution in [-0.4, -0.2) is 29.1 Å². The summed E-state index contributed by atoms with van der Waals surface area (Å²) in [6.07, 6.45) is 5.44. The van der Waals surface area contributed by atoms with Gasteiger partial charge in [-0.1, -0.05) is 18.3 Å². The first-order valence-corrected chi connectivity index (χ1v) is 6.17. The standard InChI is InChI=1S/C12H20N2S/c1-3-14(4-2)11-7-5-10(6-8-11)12(13)9-15/h7,9-10,13H,3-6,8H2,1-2H3.